The zero-order valence-corrected chi connectivity index (χ0v) is 12.5. The van der Waals surface area contributed by atoms with Gasteiger partial charge in [0.1, 0.15) is 6.04 Å². The summed E-state index contributed by atoms with van der Waals surface area (Å²) in [5.74, 6) is -0.315. The predicted octanol–water partition coefficient (Wildman–Crippen LogP) is 0.538. The number of amides is 3. The van der Waals surface area contributed by atoms with Crippen molar-refractivity contribution in [3.8, 4) is 0 Å². The van der Waals surface area contributed by atoms with Crippen LogP contribution in [0.4, 0.5) is 4.79 Å². The van der Waals surface area contributed by atoms with E-state index in [4.69, 9.17) is 10.8 Å². The molecule has 0 saturated heterocycles. The van der Waals surface area contributed by atoms with E-state index in [0.29, 0.717) is 25.8 Å². The van der Waals surface area contributed by atoms with Gasteiger partial charge in [-0.05, 0) is 31.3 Å². The highest BCUT2D eigenvalue weighted by atomic mass is 32.2. The zero-order chi connectivity index (χ0) is 15.4. The first-order valence-corrected chi connectivity index (χ1v) is 7.91. The fraction of sp³-hybridized carbons (Fsp3) is 0.750. The topological polar surface area (TPSA) is 122 Å². The standard InChI is InChI=1S/C12H23N3O4S/c1-20-8-6-9(15-12(13)19)11(18)14-7-4-2-3-5-10(16)17/h9H,2-8H2,1H3,(H,14,18)(H,16,17)(H3,13,15,19). The van der Waals surface area contributed by atoms with Crippen LogP contribution in [-0.2, 0) is 9.59 Å². The average molecular weight is 305 g/mol. The molecular weight excluding hydrogens is 282 g/mol. The molecule has 5 N–H and O–H groups in total. The van der Waals surface area contributed by atoms with Gasteiger partial charge in [-0.15, -0.1) is 0 Å². The molecule has 116 valence electrons. The number of primary amides is 1. The third-order valence-corrected chi connectivity index (χ3v) is 3.25. The average Bonchev–Trinajstić information content (AvgIpc) is 2.37. The summed E-state index contributed by atoms with van der Waals surface area (Å²) in [5, 5.41) is 13.6. The summed E-state index contributed by atoms with van der Waals surface area (Å²) in [6.07, 6.45) is 4.64. The van der Waals surface area contributed by atoms with E-state index in [2.05, 4.69) is 10.6 Å². The summed E-state index contributed by atoms with van der Waals surface area (Å²) in [4.78, 5) is 33.0. The number of rotatable bonds is 11. The maximum absolute atomic E-state index is 11.8. The van der Waals surface area contributed by atoms with Crippen molar-refractivity contribution in [2.24, 2.45) is 5.73 Å². The minimum atomic E-state index is -0.808. The minimum Gasteiger partial charge on any atom is -0.481 e. The van der Waals surface area contributed by atoms with Crippen molar-refractivity contribution in [2.75, 3.05) is 18.6 Å². The third kappa shape index (κ3) is 10.5. The molecule has 0 aliphatic carbocycles. The van der Waals surface area contributed by atoms with Crippen LogP contribution in [-0.4, -0.2) is 47.6 Å². The second kappa shape index (κ2) is 11.4. The first-order chi connectivity index (χ1) is 9.47. The summed E-state index contributed by atoms with van der Waals surface area (Å²) >= 11 is 1.58. The maximum Gasteiger partial charge on any atom is 0.312 e. The summed E-state index contributed by atoms with van der Waals surface area (Å²) < 4.78 is 0. The SMILES string of the molecule is CSCCC(NC(N)=O)C(=O)NCCCCCC(=O)O. The monoisotopic (exact) mass is 305 g/mol. The number of carbonyl (C=O) groups is 3. The van der Waals surface area contributed by atoms with Crippen molar-refractivity contribution in [1.29, 1.82) is 0 Å². The van der Waals surface area contributed by atoms with Crippen LogP contribution in [0.3, 0.4) is 0 Å². The maximum atomic E-state index is 11.8. The van der Waals surface area contributed by atoms with Gasteiger partial charge in [0.15, 0.2) is 0 Å². The minimum absolute atomic E-state index is 0.146. The van der Waals surface area contributed by atoms with Gasteiger partial charge in [0.05, 0.1) is 0 Å². The summed E-state index contributed by atoms with van der Waals surface area (Å²) in [6, 6.07) is -1.33. The van der Waals surface area contributed by atoms with Gasteiger partial charge in [-0.1, -0.05) is 6.42 Å². The molecule has 0 aromatic carbocycles. The number of hydrogen-bond donors (Lipinski definition) is 4. The van der Waals surface area contributed by atoms with Gasteiger partial charge >= 0.3 is 12.0 Å². The molecule has 3 amide bonds. The highest BCUT2D eigenvalue weighted by Crippen LogP contribution is 2.02. The van der Waals surface area contributed by atoms with Crippen LogP contribution < -0.4 is 16.4 Å². The van der Waals surface area contributed by atoms with Gasteiger partial charge in [-0.25, -0.2) is 4.79 Å². The Morgan fingerprint density at radius 3 is 2.50 bits per heavy atom. The van der Waals surface area contributed by atoms with E-state index in [-0.39, 0.29) is 12.3 Å². The van der Waals surface area contributed by atoms with E-state index < -0.39 is 18.0 Å². The number of thioether (sulfide) groups is 1. The Labute approximate surface area is 123 Å². The van der Waals surface area contributed by atoms with Crippen molar-refractivity contribution in [1.82, 2.24) is 10.6 Å². The summed E-state index contributed by atoms with van der Waals surface area (Å²) in [6.45, 7) is 0.467. The van der Waals surface area contributed by atoms with Gasteiger partial charge < -0.3 is 21.5 Å². The summed E-state index contributed by atoms with van der Waals surface area (Å²) in [7, 11) is 0. The van der Waals surface area contributed by atoms with Gasteiger partial charge in [0.25, 0.3) is 0 Å². The molecule has 0 fully saturated rings. The number of hydrogen-bond acceptors (Lipinski definition) is 4. The van der Waals surface area contributed by atoms with E-state index >= 15 is 0 Å². The Morgan fingerprint density at radius 2 is 1.95 bits per heavy atom. The van der Waals surface area contributed by atoms with Crippen molar-refractivity contribution >= 4 is 29.7 Å². The molecule has 0 aromatic heterocycles. The third-order valence-electron chi connectivity index (χ3n) is 2.61. The predicted molar refractivity (Wildman–Crippen MR) is 78.6 cm³/mol. The molecule has 1 atom stereocenters. The van der Waals surface area contributed by atoms with E-state index in [0.717, 1.165) is 12.2 Å². The quantitative estimate of drug-likeness (QED) is 0.415. The highest BCUT2D eigenvalue weighted by Gasteiger charge is 2.18. The fourth-order valence-electron chi connectivity index (χ4n) is 1.59. The van der Waals surface area contributed by atoms with Gasteiger partial charge in [0.2, 0.25) is 5.91 Å². The smallest absolute Gasteiger partial charge is 0.312 e. The van der Waals surface area contributed by atoms with Crippen LogP contribution in [0, 0.1) is 0 Å². The molecule has 0 bridgehead atoms. The van der Waals surface area contributed by atoms with E-state index in [1.54, 1.807) is 11.8 Å². The number of nitrogens with two attached hydrogens (primary N) is 1. The van der Waals surface area contributed by atoms with Gasteiger partial charge in [-0.3, -0.25) is 9.59 Å². The largest absolute Gasteiger partial charge is 0.481 e. The van der Waals surface area contributed by atoms with Gasteiger partial charge in [0, 0.05) is 13.0 Å². The first kappa shape index (κ1) is 18.6. The number of unbranched alkanes of at least 4 members (excludes halogenated alkanes) is 2. The number of carboxylic acids is 1. The molecule has 0 heterocycles. The van der Waals surface area contributed by atoms with E-state index in [9.17, 15) is 14.4 Å². The number of carbonyl (C=O) groups excluding carboxylic acids is 2. The molecule has 20 heavy (non-hydrogen) atoms. The lowest BCUT2D eigenvalue weighted by atomic mass is 10.2. The normalized spacial score (nSPS) is 11.7. The number of nitrogens with one attached hydrogen (secondary N) is 2. The van der Waals surface area contributed by atoms with Crippen LogP contribution in [0.15, 0.2) is 0 Å². The Balaban J connectivity index is 3.88. The number of aliphatic carboxylic acids is 1. The van der Waals surface area contributed by atoms with Gasteiger partial charge in [-0.2, -0.15) is 11.8 Å². The molecule has 8 heteroatoms. The Kier molecular flexibility index (Phi) is 10.6. The number of carboxylic acid groups (broad SMARTS) is 1. The molecule has 7 nitrogen and oxygen atoms in total. The fourth-order valence-corrected chi connectivity index (χ4v) is 2.06. The molecule has 0 aliphatic heterocycles. The van der Waals surface area contributed by atoms with Crippen molar-refractivity contribution in [3.05, 3.63) is 0 Å². The molecule has 0 spiro atoms. The Morgan fingerprint density at radius 1 is 1.25 bits per heavy atom. The van der Waals surface area contributed by atoms with E-state index in [1.807, 2.05) is 6.26 Å². The molecule has 1 unspecified atom stereocenters. The second-order valence-corrected chi connectivity index (χ2v) is 5.32. The van der Waals surface area contributed by atoms with Crippen LogP contribution in [0.2, 0.25) is 0 Å². The van der Waals surface area contributed by atoms with Crippen LogP contribution in [0.25, 0.3) is 0 Å². The Bertz CT molecular complexity index is 326. The van der Waals surface area contributed by atoms with Crippen LogP contribution in [0.5, 0.6) is 0 Å². The lowest BCUT2D eigenvalue weighted by Crippen LogP contribution is -2.49. The molecule has 0 radical (unpaired) electrons. The lowest BCUT2D eigenvalue weighted by molar-refractivity contribution is -0.137. The van der Waals surface area contributed by atoms with Crippen molar-refractivity contribution < 1.29 is 19.5 Å². The van der Waals surface area contributed by atoms with E-state index in [1.165, 1.54) is 0 Å². The molecule has 0 saturated carbocycles. The number of urea groups is 1. The van der Waals surface area contributed by atoms with Crippen LogP contribution in [0.1, 0.15) is 32.1 Å². The first-order valence-electron chi connectivity index (χ1n) is 6.51. The lowest BCUT2D eigenvalue weighted by Gasteiger charge is -2.16. The molecule has 0 aromatic rings. The zero-order valence-electron chi connectivity index (χ0n) is 11.7. The molecular formula is C12H23N3O4S. The van der Waals surface area contributed by atoms with Crippen LogP contribution >= 0.6 is 11.8 Å². The molecule has 0 aliphatic rings. The van der Waals surface area contributed by atoms with Crippen molar-refractivity contribution in [3.63, 3.8) is 0 Å². The van der Waals surface area contributed by atoms with Crippen molar-refractivity contribution in [2.45, 2.75) is 38.1 Å². The molecule has 0 rings (SSSR count). The second-order valence-electron chi connectivity index (χ2n) is 4.34. The summed E-state index contributed by atoms with van der Waals surface area (Å²) in [5.41, 5.74) is 5.03. The Hall–Kier alpha value is -1.44. The highest BCUT2D eigenvalue weighted by molar-refractivity contribution is 7.98.